The molecule has 1 N–H and O–H groups in total. The number of benzene rings is 2. The van der Waals surface area contributed by atoms with Gasteiger partial charge in [0.2, 0.25) is 5.78 Å². The Morgan fingerprint density at radius 3 is 2.64 bits per heavy atom. The number of hydrogen-bond donors (Lipinski definition) is 1. The van der Waals surface area contributed by atoms with Crippen molar-refractivity contribution in [2.45, 2.75) is 6.92 Å². The van der Waals surface area contributed by atoms with E-state index in [9.17, 15) is 14.9 Å². The van der Waals surface area contributed by atoms with Crippen LogP contribution in [0.2, 0.25) is 0 Å². The number of ether oxygens (including phenoxy) is 1. The molecule has 0 saturated carbocycles. The summed E-state index contributed by atoms with van der Waals surface area (Å²) in [6.45, 7) is 1.53. The number of non-ortho nitro benzene ring substituents is 1. The summed E-state index contributed by atoms with van der Waals surface area (Å²) in [5.74, 6) is 0.185. The van der Waals surface area contributed by atoms with Crippen molar-refractivity contribution in [1.29, 1.82) is 5.26 Å². The third-order valence-electron chi connectivity index (χ3n) is 3.81. The fraction of sp³-hybridized carbons (Fsp3) is 0.111. The minimum atomic E-state index is -0.497. The van der Waals surface area contributed by atoms with Crippen LogP contribution in [0, 0.1) is 28.4 Å². The van der Waals surface area contributed by atoms with Gasteiger partial charge in [-0.25, -0.2) is 0 Å². The van der Waals surface area contributed by atoms with Crippen molar-refractivity contribution in [3.8, 4) is 11.8 Å². The lowest BCUT2D eigenvalue weighted by molar-refractivity contribution is -0.384. The number of nitrogens with one attached hydrogen (secondary N) is 1. The third-order valence-corrected chi connectivity index (χ3v) is 3.81. The summed E-state index contributed by atoms with van der Waals surface area (Å²) in [5, 5.41) is 20.2. The molecule has 0 saturated heterocycles. The molecule has 0 aliphatic rings. The van der Waals surface area contributed by atoms with Gasteiger partial charge in [-0.2, -0.15) is 5.26 Å². The molecule has 0 bridgehead atoms. The van der Waals surface area contributed by atoms with Gasteiger partial charge < -0.3 is 9.72 Å². The number of nitro groups is 1. The minimum absolute atomic E-state index is 0.0754. The Labute approximate surface area is 142 Å². The maximum absolute atomic E-state index is 12.6. The number of Topliss-reactive ketones (excluding diaryl/α,β-unsaturated/α-hetero) is 1. The van der Waals surface area contributed by atoms with Crippen molar-refractivity contribution in [1.82, 2.24) is 4.98 Å². The van der Waals surface area contributed by atoms with Crippen molar-refractivity contribution >= 4 is 22.4 Å². The lowest BCUT2D eigenvalue weighted by atomic mass is 10.1. The van der Waals surface area contributed by atoms with Crippen molar-refractivity contribution in [2.24, 2.45) is 0 Å². The van der Waals surface area contributed by atoms with Gasteiger partial charge in [0.15, 0.2) is 6.61 Å². The van der Waals surface area contributed by atoms with Gasteiger partial charge in [-0.3, -0.25) is 14.9 Å². The standard InChI is InChI=1S/C18H13N3O4/c1-11-18(15-8-13(21(23)24)4-7-16(15)20-11)17(22)10-25-14-5-2-12(9-19)3-6-14/h2-8,20H,10H2,1H3. The van der Waals surface area contributed by atoms with E-state index < -0.39 is 4.92 Å². The molecule has 7 nitrogen and oxygen atoms in total. The first-order valence-electron chi connectivity index (χ1n) is 7.42. The van der Waals surface area contributed by atoms with Gasteiger partial charge >= 0.3 is 0 Å². The highest BCUT2D eigenvalue weighted by Gasteiger charge is 2.19. The Balaban J connectivity index is 1.85. The number of nitro benzene ring substituents is 1. The summed E-state index contributed by atoms with van der Waals surface area (Å²) >= 11 is 0. The first kappa shape index (κ1) is 16.2. The molecule has 124 valence electrons. The van der Waals surface area contributed by atoms with Crippen LogP contribution >= 0.6 is 0 Å². The van der Waals surface area contributed by atoms with Gasteiger partial charge in [0.1, 0.15) is 5.75 Å². The zero-order valence-corrected chi connectivity index (χ0v) is 13.3. The average molecular weight is 335 g/mol. The molecule has 3 aromatic rings. The number of aromatic nitrogens is 1. The minimum Gasteiger partial charge on any atom is -0.485 e. The van der Waals surface area contributed by atoms with Crippen LogP contribution in [0.3, 0.4) is 0 Å². The number of aryl methyl sites for hydroxylation is 1. The molecule has 2 aromatic carbocycles. The largest absolute Gasteiger partial charge is 0.485 e. The molecule has 1 aromatic heterocycles. The summed E-state index contributed by atoms with van der Waals surface area (Å²) in [6.07, 6.45) is 0. The number of aromatic amines is 1. The van der Waals surface area contributed by atoms with Gasteiger partial charge in [0.05, 0.1) is 16.6 Å². The quantitative estimate of drug-likeness (QED) is 0.436. The van der Waals surface area contributed by atoms with Crippen molar-refractivity contribution in [3.63, 3.8) is 0 Å². The second-order valence-corrected chi connectivity index (χ2v) is 5.46. The summed E-state index contributed by atoms with van der Waals surface area (Å²) in [7, 11) is 0. The molecule has 0 aliphatic carbocycles. The highest BCUT2D eigenvalue weighted by molar-refractivity contribution is 6.10. The molecule has 0 radical (unpaired) electrons. The van der Waals surface area contributed by atoms with E-state index in [-0.39, 0.29) is 18.1 Å². The number of H-pyrrole nitrogens is 1. The lowest BCUT2D eigenvalue weighted by Crippen LogP contribution is -2.12. The van der Waals surface area contributed by atoms with Gasteiger partial charge in [-0.05, 0) is 37.3 Å². The Hall–Kier alpha value is -3.66. The molecule has 7 heteroatoms. The SMILES string of the molecule is Cc1[nH]c2ccc([N+](=O)[O-])cc2c1C(=O)COc1ccc(C#N)cc1. The average Bonchev–Trinajstić information content (AvgIpc) is 2.95. The summed E-state index contributed by atoms with van der Waals surface area (Å²) in [6, 6.07) is 12.8. The second kappa shape index (κ2) is 6.45. The molecule has 1 heterocycles. The Bertz CT molecular complexity index is 1010. The fourth-order valence-corrected chi connectivity index (χ4v) is 2.63. The number of carbonyl (C=O) groups excluding carboxylic acids is 1. The molecule has 0 spiro atoms. The second-order valence-electron chi connectivity index (χ2n) is 5.46. The zero-order chi connectivity index (χ0) is 18.0. The van der Waals surface area contributed by atoms with Gasteiger partial charge in [-0.15, -0.1) is 0 Å². The Morgan fingerprint density at radius 2 is 2.00 bits per heavy atom. The fourth-order valence-electron chi connectivity index (χ4n) is 2.63. The monoisotopic (exact) mass is 335 g/mol. The van der Waals surface area contributed by atoms with E-state index in [1.54, 1.807) is 37.3 Å². The summed E-state index contributed by atoms with van der Waals surface area (Å²) in [5.41, 5.74) is 2.09. The number of fused-ring (bicyclic) bond motifs is 1. The number of nitrogens with zero attached hydrogens (tertiary/aromatic N) is 2. The van der Waals surface area contributed by atoms with Gasteiger partial charge in [0.25, 0.3) is 5.69 Å². The zero-order valence-electron chi connectivity index (χ0n) is 13.3. The van der Waals surface area contributed by atoms with E-state index >= 15 is 0 Å². The van der Waals surface area contributed by atoms with Crippen LogP contribution in [-0.2, 0) is 0 Å². The molecule has 25 heavy (non-hydrogen) atoms. The lowest BCUT2D eigenvalue weighted by Gasteiger charge is -2.06. The van der Waals surface area contributed by atoms with Gasteiger partial charge in [-0.1, -0.05) is 0 Å². The maximum atomic E-state index is 12.6. The molecular weight excluding hydrogens is 322 g/mol. The maximum Gasteiger partial charge on any atom is 0.270 e. The number of ketones is 1. The molecule has 0 unspecified atom stereocenters. The smallest absolute Gasteiger partial charge is 0.270 e. The van der Waals surface area contributed by atoms with Crippen LogP contribution in [0.15, 0.2) is 42.5 Å². The van der Waals surface area contributed by atoms with Crippen molar-refractivity contribution in [3.05, 3.63) is 69.4 Å². The molecular formula is C18H13N3O4. The Kier molecular flexibility index (Phi) is 4.18. The predicted molar refractivity (Wildman–Crippen MR) is 90.7 cm³/mol. The van der Waals surface area contributed by atoms with Crippen LogP contribution in [0.25, 0.3) is 10.9 Å². The molecule has 0 amide bonds. The number of carbonyl (C=O) groups is 1. The number of nitriles is 1. The topological polar surface area (TPSA) is 109 Å². The van der Waals surface area contributed by atoms with Crippen LogP contribution in [0.4, 0.5) is 5.69 Å². The van der Waals surface area contributed by atoms with E-state index in [4.69, 9.17) is 10.00 Å². The van der Waals surface area contributed by atoms with E-state index in [0.29, 0.717) is 33.5 Å². The third kappa shape index (κ3) is 3.19. The van der Waals surface area contributed by atoms with Crippen LogP contribution < -0.4 is 4.74 Å². The number of hydrogen-bond acceptors (Lipinski definition) is 5. The van der Waals surface area contributed by atoms with Crippen LogP contribution in [0.5, 0.6) is 5.75 Å². The van der Waals surface area contributed by atoms with E-state index in [1.807, 2.05) is 6.07 Å². The Morgan fingerprint density at radius 1 is 1.28 bits per heavy atom. The first-order chi connectivity index (χ1) is 12.0. The van der Waals surface area contributed by atoms with Crippen molar-refractivity contribution < 1.29 is 14.5 Å². The molecule has 0 atom stereocenters. The summed E-state index contributed by atoms with van der Waals surface area (Å²) < 4.78 is 5.47. The predicted octanol–water partition coefficient (Wildman–Crippen LogP) is 3.52. The van der Waals surface area contributed by atoms with E-state index in [0.717, 1.165) is 0 Å². The van der Waals surface area contributed by atoms with Crippen molar-refractivity contribution in [2.75, 3.05) is 6.61 Å². The molecule has 0 aliphatic heterocycles. The van der Waals surface area contributed by atoms with Gasteiger partial charge in [0, 0.05) is 34.3 Å². The van der Waals surface area contributed by atoms with Crippen LogP contribution in [-0.4, -0.2) is 22.3 Å². The molecule has 3 rings (SSSR count). The highest BCUT2D eigenvalue weighted by atomic mass is 16.6. The van der Waals surface area contributed by atoms with Crippen LogP contribution in [0.1, 0.15) is 21.6 Å². The highest BCUT2D eigenvalue weighted by Crippen LogP contribution is 2.27. The molecule has 0 fully saturated rings. The van der Waals surface area contributed by atoms with E-state index in [2.05, 4.69) is 4.98 Å². The normalized spacial score (nSPS) is 10.4. The number of rotatable bonds is 5. The van der Waals surface area contributed by atoms with E-state index in [1.165, 1.54) is 12.1 Å². The first-order valence-corrected chi connectivity index (χ1v) is 7.42. The summed E-state index contributed by atoms with van der Waals surface area (Å²) in [4.78, 5) is 26.1.